The number of hydrogen-bond acceptors (Lipinski definition) is 5. The van der Waals surface area contributed by atoms with Crippen LogP contribution in [0.25, 0.3) is 0 Å². The molecule has 0 saturated carbocycles. The number of thiophene rings is 1. The lowest BCUT2D eigenvalue weighted by molar-refractivity contribution is 0.285. The van der Waals surface area contributed by atoms with E-state index in [0.29, 0.717) is 11.3 Å². The van der Waals surface area contributed by atoms with Crippen LogP contribution >= 0.6 is 11.3 Å². The zero-order valence-corrected chi connectivity index (χ0v) is 11.1. The van der Waals surface area contributed by atoms with Crippen molar-refractivity contribution in [3.63, 3.8) is 0 Å². The normalized spacial score (nSPS) is 11.8. The highest BCUT2D eigenvalue weighted by Crippen LogP contribution is 2.18. The molecular weight excluding hydrogens is 274 g/mol. The van der Waals surface area contributed by atoms with E-state index in [1.807, 2.05) is 0 Å². The maximum Gasteiger partial charge on any atom is 0.241 e. The Kier molecular flexibility index (Phi) is 4.18. The van der Waals surface area contributed by atoms with E-state index in [2.05, 4.69) is 4.72 Å². The summed E-state index contributed by atoms with van der Waals surface area (Å²) >= 11 is 1.22. The molecule has 0 aliphatic rings. The van der Waals surface area contributed by atoms with E-state index < -0.39 is 10.0 Å². The van der Waals surface area contributed by atoms with Gasteiger partial charge in [0.2, 0.25) is 10.0 Å². The minimum Gasteiger partial charge on any atom is -0.469 e. The highest BCUT2D eigenvalue weighted by Gasteiger charge is 2.15. The molecule has 0 radical (unpaired) electrons. The molecule has 0 aliphatic carbocycles. The third-order valence-electron chi connectivity index (χ3n) is 2.34. The van der Waals surface area contributed by atoms with Gasteiger partial charge in [0.1, 0.15) is 5.76 Å². The highest BCUT2D eigenvalue weighted by atomic mass is 32.2. The fourth-order valence-electron chi connectivity index (χ4n) is 1.43. The number of aliphatic hydroxyl groups is 1. The third kappa shape index (κ3) is 3.20. The molecule has 2 aromatic rings. The molecule has 0 atom stereocenters. The molecule has 2 rings (SSSR count). The van der Waals surface area contributed by atoms with Crippen LogP contribution in [-0.2, 0) is 23.1 Å². The zero-order valence-electron chi connectivity index (χ0n) is 9.50. The van der Waals surface area contributed by atoms with Crippen LogP contribution in [0.1, 0.15) is 10.6 Å². The van der Waals surface area contributed by atoms with Gasteiger partial charge in [0.25, 0.3) is 0 Å². The molecule has 0 spiro atoms. The second-order valence-electron chi connectivity index (χ2n) is 3.63. The summed E-state index contributed by atoms with van der Waals surface area (Å²) in [6.07, 6.45) is 2.06. The van der Waals surface area contributed by atoms with Crippen molar-refractivity contribution in [1.29, 1.82) is 0 Å². The Hall–Kier alpha value is -1.15. The van der Waals surface area contributed by atoms with Crippen molar-refractivity contribution in [2.24, 2.45) is 0 Å². The predicted octanol–water partition coefficient (Wildman–Crippen LogP) is 1.35. The summed E-state index contributed by atoms with van der Waals surface area (Å²) in [5.74, 6) is 0.735. The van der Waals surface area contributed by atoms with Crippen LogP contribution in [0.3, 0.4) is 0 Å². The van der Waals surface area contributed by atoms with Gasteiger partial charge < -0.3 is 9.52 Å². The lowest BCUT2D eigenvalue weighted by Crippen LogP contribution is -2.25. The van der Waals surface area contributed by atoms with Gasteiger partial charge in [0.15, 0.2) is 0 Å². The number of furan rings is 1. The van der Waals surface area contributed by atoms with E-state index in [-0.39, 0.29) is 18.0 Å². The number of nitrogens with one attached hydrogen (secondary N) is 1. The Labute approximate surface area is 109 Å². The van der Waals surface area contributed by atoms with Crippen molar-refractivity contribution in [1.82, 2.24) is 4.72 Å². The van der Waals surface area contributed by atoms with Gasteiger partial charge in [0, 0.05) is 23.2 Å². The van der Waals surface area contributed by atoms with E-state index in [1.54, 1.807) is 18.4 Å². The van der Waals surface area contributed by atoms with Gasteiger partial charge in [-0.1, -0.05) is 0 Å². The van der Waals surface area contributed by atoms with E-state index in [9.17, 15) is 8.42 Å². The second kappa shape index (κ2) is 5.66. The molecule has 2 heterocycles. The Morgan fingerprint density at radius 1 is 1.44 bits per heavy atom. The van der Waals surface area contributed by atoms with E-state index >= 15 is 0 Å². The Morgan fingerprint density at radius 3 is 2.89 bits per heavy atom. The Bertz CT molecular complexity index is 586. The molecule has 0 saturated heterocycles. The van der Waals surface area contributed by atoms with Crippen molar-refractivity contribution in [3.05, 3.63) is 40.5 Å². The predicted molar refractivity (Wildman–Crippen MR) is 67.8 cm³/mol. The van der Waals surface area contributed by atoms with Crippen LogP contribution in [-0.4, -0.2) is 20.1 Å². The van der Waals surface area contributed by atoms with Crippen LogP contribution < -0.4 is 4.72 Å². The maximum absolute atomic E-state index is 11.9. The molecule has 0 fully saturated rings. The molecule has 0 unspecified atom stereocenters. The summed E-state index contributed by atoms with van der Waals surface area (Å²) in [4.78, 5) is 0.817. The zero-order chi connectivity index (χ0) is 13.0. The molecule has 0 aliphatic heterocycles. The topological polar surface area (TPSA) is 79.5 Å². The van der Waals surface area contributed by atoms with Crippen molar-refractivity contribution >= 4 is 21.4 Å². The molecule has 7 heteroatoms. The molecule has 2 N–H and O–H groups in total. The summed E-state index contributed by atoms with van der Waals surface area (Å²) < 4.78 is 31.3. The SMILES string of the molecule is O=S(=O)(NCCc1ccco1)c1csc(CO)c1. The van der Waals surface area contributed by atoms with Gasteiger partial charge in [0.05, 0.1) is 17.8 Å². The van der Waals surface area contributed by atoms with Crippen LogP contribution in [0.2, 0.25) is 0 Å². The van der Waals surface area contributed by atoms with E-state index in [1.165, 1.54) is 22.8 Å². The molecule has 0 bridgehead atoms. The third-order valence-corrected chi connectivity index (χ3v) is 4.85. The molecule has 18 heavy (non-hydrogen) atoms. The summed E-state index contributed by atoms with van der Waals surface area (Å²) in [6, 6.07) is 5.03. The van der Waals surface area contributed by atoms with Gasteiger partial charge in [-0.3, -0.25) is 0 Å². The van der Waals surface area contributed by atoms with E-state index in [0.717, 1.165) is 5.76 Å². The lowest BCUT2D eigenvalue weighted by Gasteiger charge is -2.03. The molecule has 0 amide bonds. The van der Waals surface area contributed by atoms with Gasteiger partial charge in [-0.2, -0.15) is 0 Å². The first-order valence-corrected chi connectivity index (χ1v) is 7.68. The Morgan fingerprint density at radius 2 is 2.28 bits per heavy atom. The smallest absolute Gasteiger partial charge is 0.241 e. The number of sulfonamides is 1. The standard InChI is InChI=1S/C11H13NO4S2/c13-7-10-6-11(8-17-10)18(14,15)12-4-3-9-2-1-5-16-9/h1-2,5-6,8,12-13H,3-4,7H2. The summed E-state index contributed by atoms with van der Waals surface area (Å²) in [6.45, 7) is 0.132. The molecule has 98 valence electrons. The van der Waals surface area contributed by atoms with Gasteiger partial charge in [-0.25, -0.2) is 13.1 Å². The first-order chi connectivity index (χ1) is 8.62. The summed E-state index contributed by atoms with van der Waals surface area (Å²) in [5.41, 5.74) is 0. The fraction of sp³-hybridized carbons (Fsp3) is 0.273. The summed E-state index contributed by atoms with van der Waals surface area (Å²) in [5, 5.41) is 10.4. The first kappa shape index (κ1) is 13.3. The minimum atomic E-state index is -3.50. The van der Waals surface area contributed by atoms with Crippen molar-refractivity contribution in [2.45, 2.75) is 17.9 Å². The van der Waals surface area contributed by atoms with Crippen molar-refractivity contribution in [3.8, 4) is 0 Å². The van der Waals surface area contributed by atoms with Gasteiger partial charge in [-0.05, 0) is 18.2 Å². The number of hydrogen-bond donors (Lipinski definition) is 2. The number of rotatable bonds is 6. The maximum atomic E-state index is 11.9. The monoisotopic (exact) mass is 287 g/mol. The van der Waals surface area contributed by atoms with Crippen molar-refractivity contribution in [2.75, 3.05) is 6.54 Å². The van der Waals surface area contributed by atoms with Crippen LogP contribution in [0.4, 0.5) is 0 Å². The largest absolute Gasteiger partial charge is 0.469 e. The Balaban J connectivity index is 1.95. The first-order valence-electron chi connectivity index (χ1n) is 5.32. The van der Waals surface area contributed by atoms with Gasteiger partial charge >= 0.3 is 0 Å². The minimum absolute atomic E-state index is 0.146. The molecule has 5 nitrogen and oxygen atoms in total. The average molecular weight is 287 g/mol. The molecule has 0 aromatic carbocycles. The van der Waals surface area contributed by atoms with E-state index in [4.69, 9.17) is 9.52 Å². The average Bonchev–Trinajstić information content (AvgIpc) is 2.99. The van der Waals surface area contributed by atoms with Crippen LogP contribution in [0.15, 0.2) is 39.2 Å². The lowest BCUT2D eigenvalue weighted by atomic mass is 10.3. The van der Waals surface area contributed by atoms with Gasteiger partial charge in [-0.15, -0.1) is 11.3 Å². The quantitative estimate of drug-likeness (QED) is 0.840. The molecular formula is C11H13NO4S2. The van der Waals surface area contributed by atoms with Crippen molar-refractivity contribution < 1.29 is 17.9 Å². The van der Waals surface area contributed by atoms with Crippen LogP contribution in [0.5, 0.6) is 0 Å². The fourth-order valence-corrected chi connectivity index (χ4v) is 3.60. The summed E-state index contributed by atoms with van der Waals surface area (Å²) in [7, 11) is -3.50. The second-order valence-corrected chi connectivity index (χ2v) is 6.40. The van der Waals surface area contributed by atoms with Crippen LogP contribution in [0, 0.1) is 0 Å². The number of aliphatic hydroxyl groups excluding tert-OH is 1. The molecule has 2 aromatic heterocycles. The highest BCUT2D eigenvalue weighted by molar-refractivity contribution is 7.89.